The third kappa shape index (κ3) is 3.01. The summed E-state index contributed by atoms with van der Waals surface area (Å²) in [5, 5.41) is 2.44. The molecule has 0 saturated carbocycles. The average molecular weight is 263 g/mol. The van der Waals surface area contributed by atoms with Gasteiger partial charge in [-0.2, -0.15) is 0 Å². The van der Waals surface area contributed by atoms with E-state index >= 15 is 0 Å². The highest BCUT2D eigenvalue weighted by molar-refractivity contribution is 6.32. The number of H-pyrrole nitrogens is 2. The Morgan fingerprint density at radius 3 is 2.74 bits per heavy atom. The van der Waals surface area contributed by atoms with E-state index in [-0.39, 0.29) is 5.69 Å². The SMILES string of the molecule is COC(=O)C(=O)NCCc1ccc2[nH]c(=O)[nH]c2c1. The van der Waals surface area contributed by atoms with Gasteiger partial charge in [0.2, 0.25) is 0 Å². The number of carbonyl (C=O) groups is 2. The van der Waals surface area contributed by atoms with Crippen molar-refractivity contribution in [1.29, 1.82) is 0 Å². The van der Waals surface area contributed by atoms with Gasteiger partial charge in [0.15, 0.2) is 0 Å². The first-order chi connectivity index (χ1) is 9.10. The van der Waals surface area contributed by atoms with Crippen LogP contribution in [0.3, 0.4) is 0 Å². The van der Waals surface area contributed by atoms with Gasteiger partial charge in [0.05, 0.1) is 18.1 Å². The number of fused-ring (bicyclic) bond motifs is 1. The molecule has 19 heavy (non-hydrogen) atoms. The van der Waals surface area contributed by atoms with Crippen molar-refractivity contribution in [2.45, 2.75) is 6.42 Å². The fourth-order valence-electron chi connectivity index (χ4n) is 1.72. The molecule has 1 amide bonds. The highest BCUT2D eigenvalue weighted by atomic mass is 16.5. The molecule has 100 valence electrons. The predicted octanol–water partition coefficient (Wildman–Crippen LogP) is -0.312. The van der Waals surface area contributed by atoms with E-state index in [1.54, 1.807) is 6.07 Å². The highest BCUT2D eigenvalue weighted by Gasteiger charge is 2.12. The number of rotatable bonds is 3. The van der Waals surface area contributed by atoms with Crippen molar-refractivity contribution in [3.63, 3.8) is 0 Å². The van der Waals surface area contributed by atoms with Gasteiger partial charge in [0, 0.05) is 6.54 Å². The maximum Gasteiger partial charge on any atom is 0.396 e. The monoisotopic (exact) mass is 263 g/mol. The lowest BCUT2D eigenvalue weighted by molar-refractivity contribution is -0.152. The van der Waals surface area contributed by atoms with Gasteiger partial charge < -0.3 is 20.0 Å². The van der Waals surface area contributed by atoms with E-state index in [2.05, 4.69) is 20.0 Å². The van der Waals surface area contributed by atoms with Gasteiger partial charge >= 0.3 is 17.6 Å². The molecule has 1 heterocycles. The number of carbonyl (C=O) groups excluding carboxylic acids is 2. The summed E-state index contributed by atoms with van der Waals surface area (Å²) in [5.74, 6) is -1.68. The molecule has 7 nitrogen and oxygen atoms in total. The van der Waals surface area contributed by atoms with Crippen molar-refractivity contribution < 1.29 is 14.3 Å². The van der Waals surface area contributed by atoms with Crippen LogP contribution in [0, 0.1) is 0 Å². The van der Waals surface area contributed by atoms with E-state index in [1.165, 1.54) is 0 Å². The van der Waals surface area contributed by atoms with E-state index in [9.17, 15) is 14.4 Å². The minimum absolute atomic E-state index is 0.258. The summed E-state index contributed by atoms with van der Waals surface area (Å²) in [6.07, 6.45) is 0.548. The van der Waals surface area contributed by atoms with Crippen molar-refractivity contribution in [2.75, 3.05) is 13.7 Å². The number of esters is 1. The zero-order chi connectivity index (χ0) is 13.8. The number of ether oxygens (including phenoxy) is 1. The molecule has 0 bridgehead atoms. The Labute approximate surface area is 108 Å². The lowest BCUT2D eigenvalue weighted by Crippen LogP contribution is -2.33. The maximum atomic E-state index is 11.1. The van der Waals surface area contributed by atoms with Gasteiger partial charge in [-0.25, -0.2) is 9.59 Å². The van der Waals surface area contributed by atoms with Crippen LogP contribution in [0.4, 0.5) is 0 Å². The molecule has 0 aliphatic heterocycles. The van der Waals surface area contributed by atoms with Gasteiger partial charge in [-0.05, 0) is 24.1 Å². The number of nitrogens with one attached hydrogen (secondary N) is 3. The first-order valence-corrected chi connectivity index (χ1v) is 5.67. The van der Waals surface area contributed by atoms with Crippen LogP contribution in [0.2, 0.25) is 0 Å². The Kier molecular flexibility index (Phi) is 3.65. The molecule has 0 radical (unpaired) electrons. The smallest absolute Gasteiger partial charge is 0.396 e. The maximum absolute atomic E-state index is 11.1. The van der Waals surface area contributed by atoms with Gasteiger partial charge in [0.25, 0.3) is 0 Å². The molecule has 0 aliphatic rings. The van der Waals surface area contributed by atoms with Crippen molar-refractivity contribution in [2.24, 2.45) is 0 Å². The molecule has 0 spiro atoms. The second kappa shape index (κ2) is 5.38. The lowest BCUT2D eigenvalue weighted by atomic mass is 10.1. The van der Waals surface area contributed by atoms with E-state index in [0.29, 0.717) is 18.5 Å². The van der Waals surface area contributed by atoms with Crippen LogP contribution < -0.4 is 11.0 Å². The third-order valence-electron chi connectivity index (χ3n) is 2.65. The summed E-state index contributed by atoms with van der Waals surface area (Å²) in [7, 11) is 1.15. The Morgan fingerprint density at radius 1 is 1.26 bits per heavy atom. The van der Waals surface area contributed by atoms with E-state index in [4.69, 9.17) is 0 Å². The molecule has 2 aromatic rings. The quantitative estimate of drug-likeness (QED) is 0.522. The standard InChI is InChI=1S/C12H13N3O4/c1-19-11(17)10(16)13-5-4-7-2-3-8-9(6-7)15-12(18)14-8/h2-3,6H,4-5H2,1H3,(H,13,16)(H2,14,15,18). The van der Waals surface area contributed by atoms with Crippen LogP contribution in [0.15, 0.2) is 23.0 Å². The number of imidazole rings is 1. The third-order valence-corrected chi connectivity index (χ3v) is 2.65. The van der Waals surface area contributed by atoms with Crippen LogP contribution in [-0.4, -0.2) is 35.5 Å². The summed E-state index contributed by atoms with van der Waals surface area (Å²) in [5.41, 5.74) is 2.12. The largest absolute Gasteiger partial charge is 0.462 e. The van der Waals surface area contributed by atoms with E-state index < -0.39 is 11.9 Å². The zero-order valence-electron chi connectivity index (χ0n) is 10.3. The lowest BCUT2D eigenvalue weighted by Gasteiger charge is -2.04. The fourth-order valence-corrected chi connectivity index (χ4v) is 1.72. The summed E-state index contributed by atoms with van der Waals surface area (Å²) >= 11 is 0. The highest BCUT2D eigenvalue weighted by Crippen LogP contribution is 2.10. The Balaban J connectivity index is 1.96. The molecule has 7 heteroatoms. The summed E-state index contributed by atoms with van der Waals surface area (Å²) in [4.78, 5) is 38.4. The number of hydrogen-bond donors (Lipinski definition) is 3. The van der Waals surface area contributed by atoms with Crippen molar-refractivity contribution in [3.05, 3.63) is 34.2 Å². The molecule has 3 N–H and O–H groups in total. The molecule has 0 fully saturated rings. The molecular weight excluding hydrogens is 250 g/mol. The fraction of sp³-hybridized carbons (Fsp3) is 0.250. The Hall–Kier alpha value is -2.57. The van der Waals surface area contributed by atoms with Crippen LogP contribution in [0.1, 0.15) is 5.56 Å². The van der Waals surface area contributed by atoms with Gasteiger partial charge in [0.1, 0.15) is 0 Å². The Morgan fingerprint density at radius 2 is 2.00 bits per heavy atom. The Bertz CT molecular complexity index is 671. The minimum atomic E-state index is -0.912. The second-order valence-corrected chi connectivity index (χ2v) is 3.96. The topological polar surface area (TPSA) is 104 Å². The summed E-state index contributed by atoms with van der Waals surface area (Å²) < 4.78 is 4.28. The number of aromatic nitrogens is 2. The van der Waals surface area contributed by atoms with Crippen LogP contribution in [0.25, 0.3) is 11.0 Å². The molecule has 0 aliphatic carbocycles. The van der Waals surface area contributed by atoms with Crippen molar-refractivity contribution in [3.8, 4) is 0 Å². The normalized spacial score (nSPS) is 10.4. The predicted molar refractivity (Wildman–Crippen MR) is 67.6 cm³/mol. The van der Waals surface area contributed by atoms with E-state index in [1.807, 2.05) is 12.1 Å². The van der Waals surface area contributed by atoms with Gasteiger partial charge in [-0.1, -0.05) is 6.07 Å². The summed E-state index contributed by atoms with van der Waals surface area (Å²) in [6, 6.07) is 5.44. The number of aromatic amines is 2. The van der Waals surface area contributed by atoms with Gasteiger partial charge in [-0.15, -0.1) is 0 Å². The minimum Gasteiger partial charge on any atom is -0.462 e. The zero-order valence-corrected chi connectivity index (χ0v) is 10.3. The number of benzene rings is 1. The van der Waals surface area contributed by atoms with Crippen LogP contribution in [-0.2, 0) is 20.7 Å². The van der Waals surface area contributed by atoms with Crippen LogP contribution in [0.5, 0.6) is 0 Å². The molecular formula is C12H13N3O4. The second-order valence-electron chi connectivity index (χ2n) is 3.96. The van der Waals surface area contributed by atoms with Gasteiger partial charge in [-0.3, -0.25) is 4.79 Å². The molecule has 1 aromatic heterocycles. The number of methoxy groups -OCH3 is 1. The molecule has 2 rings (SSSR count). The first-order valence-electron chi connectivity index (χ1n) is 5.67. The van der Waals surface area contributed by atoms with Crippen molar-refractivity contribution >= 4 is 22.9 Å². The molecule has 0 saturated heterocycles. The molecule has 0 unspecified atom stereocenters. The van der Waals surface area contributed by atoms with E-state index in [0.717, 1.165) is 18.2 Å². The number of amides is 1. The molecule has 0 atom stereocenters. The average Bonchev–Trinajstić information content (AvgIpc) is 2.77. The molecule has 1 aromatic carbocycles. The summed E-state index contributed by atoms with van der Waals surface area (Å²) in [6.45, 7) is 0.314. The van der Waals surface area contributed by atoms with Crippen molar-refractivity contribution in [1.82, 2.24) is 15.3 Å². The first kappa shape index (κ1) is 12.9. The number of hydrogen-bond acceptors (Lipinski definition) is 4. The van der Waals surface area contributed by atoms with Crippen LogP contribution >= 0.6 is 0 Å².